The summed E-state index contributed by atoms with van der Waals surface area (Å²) in [5.74, 6) is -0.211. The Balaban J connectivity index is 2.41. The van der Waals surface area contributed by atoms with Gasteiger partial charge in [0.05, 0.1) is 11.3 Å². The number of carbonyl (C=O) groups excluding carboxylic acids is 1. The fraction of sp³-hybridized carbons (Fsp3) is 0.333. The molecule has 1 fully saturated rings. The van der Waals surface area contributed by atoms with Crippen LogP contribution in [0.3, 0.4) is 0 Å². The molecule has 0 radical (unpaired) electrons. The van der Waals surface area contributed by atoms with Crippen LogP contribution in [-0.4, -0.2) is 29.3 Å². The van der Waals surface area contributed by atoms with E-state index in [1.807, 2.05) is 0 Å². The van der Waals surface area contributed by atoms with Crippen molar-refractivity contribution >= 4 is 52.8 Å². The molecule has 1 unspecified atom stereocenters. The summed E-state index contributed by atoms with van der Waals surface area (Å²) in [7, 11) is 0. The number of carboxylic acids is 1. The fourth-order valence-corrected chi connectivity index (χ4v) is 2.76. The maximum absolute atomic E-state index is 11.9. The zero-order chi connectivity index (χ0) is 13.3. The predicted molar refractivity (Wildman–Crippen MR) is 80.4 cm³/mol. The van der Waals surface area contributed by atoms with Crippen molar-refractivity contribution in [2.45, 2.75) is 6.42 Å². The zero-order valence-corrected chi connectivity index (χ0v) is 12.5. The maximum Gasteiger partial charge on any atom is 0.337 e. The Hall–Kier alpha value is -0.760. The van der Waals surface area contributed by atoms with E-state index in [-0.39, 0.29) is 17.4 Å². The second-order valence-electron chi connectivity index (χ2n) is 4.22. The third-order valence-corrected chi connectivity index (χ3v) is 4.13. The lowest BCUT2D eigenvalue weighted by Gasteiger charge is -2.19. The number of amides is 1. The largest absolute Gasteiger partial charge is 0.478 e. The van der Waals surface area contributed by atoms with Gasteiger partial charge in [0.2, 0.25) is 5.91 Å². The van der Waals surface area contributed by atoms with Crippen LogP contribution in [0.4, 0.5) is 5.69 Å². The summed E-state index contributed by atoms with van der Waals surface area (Å²) in [5, 5.41) is 9.17. The van der Waals surface area contributed by atoms with E-state index < -0.39 is 5.97 Å². The standard InChI is InChI=1S/C12H12INO3S/c13-8-1-2-9(12(16)17)10(4-8)14-5-7(6-18)3-11(14)15/h1-2,4,7,18H,3,5-6H2,(H,16,17). The molecule has 6 heteroatoms. The van der Waals surface area contributed by atoms with Gasteiger partial charge in [-0.2, -0.15) is 12.6 Å². The van der Waals surface area contributed by atoms with Crippen LogP contribution in [0.15, 0.2) is 18.2 Å². The molecule has 1 heterocycles. The average Bonchev–Trinajstić information content (AvgIpc) is 2.70. The van der Waals surface area contributed by atoms with Crippen LogP contribution in [-0.2, 0) is 4.79 Å². The first-order valence-corrected chi connectivity index (χ1v) is 7.18. The molecule has 0 aliphatic carbocycles. The minimum absolute atomic E-state index is 0.0291. The number of halogens is 1. The SMILES string of the molecule is O=C(O)c1ccc(I)cc1N1CC(CS)CC1=O. The summed E-state index contributed by atoms with van der Waals surface area (Å²) >= 11 is 6.31. The number of rotatable bonds is 3. The first-order valence-electron chi connectivity index (χ1n) is 5.47. The van der Waals surface area contributed by atoms with Crippen LogP contribution in [0.25, 0.3) is 0 Å². The van der Waals surface area contributed by atoms with Crippen molar-refractivity contribution in [2.75, 3.05) is 17.2 Å². The van der Waals surface area contributed by atoms with Gasteiger partial charge in [0, 0.05) is 16.5 Å². The molecule has 1 atom stereocenters. The number of anilines is 1. The molecule has 4 nitrogen and oxygen atoms in total. The van der Waals surface area contributed by atoms with Gasteiger partial charge in [-0.15, -0.1) is 0 Å². The number of hydrogen-bond donors (Lipinski definition) is 2. The highest BCUT2D eigenvalue weighted by Crippen LogP contribution is 2.30. The number of hydrogen-bond acceptors (Lipinski definition) is 3. The van der Waals surface area contributed by atoms with E-state index in [0.717, 1.165) is 3.57 Å². The van der Waals surface area contributed by atoms with Gasteiger partial charge in [0.1, 0.15) is 0 Å². The molecule has 1 aliphatic rings. The Morgan fingerprint density at radius 2 is 2.28 bits per heavy atom. The Bertz CT molecular complexity index is 506. The highest BCUT2D eigenvalue weighted by atomic mass is 127. The third-order valence-electron chi connectivity index (χ3n) is 2.94. The number of benzene rings is 1. The molecular formula is C12H12INO3S. The van der Waals surface area contributed by atoms with Crippen LogP contribution < -0.4 is 4.90 Å². The Morgan fingerprint density at radius 3 is 2.83 bits per heavy atom. The summed E-state index contributed by atoms with van der Waals surface area (Å²) < 4.78 is 0.912. The van der Waals surface area contributed by atoms with E-state index in [9.17, 15) is 14.7 Å². The first kappa shape index (κ1) is 13.7. The summed E-state index contributed by atoms with van der Waals surface area (Å²) in [6.45, 7) is 0.544. The molecule has 0 saturated carbocycles. The van der Waals surface area contributed by atoms with Crippen molar-refractivity contribution in [3.63, 3.8) is 0 Å². The molecule has 0 bridgehead atoms. The maximum atomic E-state index is 11.9. The highest BCUT2D eigenvalue weighted by molar-refractivity contribution is 14.1. The monoisotopic (exact) mass is 377 g/mol. The molecule has 0 spiro atoms. The van der Waals surface area contributed by atoms with Gasteiger partial charge >= 0.3 is 5.97 Å². The zero-order valence-electron chi connectivity index (χ0n) is 9.47. The quantitative estimate of drug-likeness (QED) is 0.628. The predicted octanol–water partition coefficient (Wildman–Crippen LogP) is 2.27. The summed E-state index contributed by atoms with van der Waals surface area (Å²) in [4.78, 5) is 24.7. The van der Waals surface area contributed by atoms with E-state index >= 15 is 0 Å². The number of thiol groups is 1. The van der Waals surface area contributed by atoms with Crippen LogP contribution in [0.1, 0.15) is 16.8 Å². The van der Waals surface area contributed by atoms with Gasteiger partial charge in [-0.25, -0.2) is 4.79 Å². The van der Waals surface area contributed by atoms with Crippen molar-refractivity contribution in [2.24, 2.45) is 5.92 Å². The van der Waals surface area contributed by atoms with Gasteiger partial charge in [-0.1, -0.05) is 0 Å². The Labute approximate surface area is 124 Å². The summed E-state index contributed by atoms with van der Waals surface area (Å²) in [5.41, 5.74) is 0.660. The number of carbonyl (C=O) groups is 2. The van der Waals surface area contributed by atoms with Crippen LogP contribution in [0.5, 0.6) is 0 Å². The molecule has 1 amide bonds. The van der Waals surface area contributed by atoms with Crippen molar-refractivity contribution in [1.29, 1.82) is 0 Å². The lowest BCUT2D eigenvalue weighted by Crippen LogP contribution is -2.26. The number of aromatic carboxylic acids is 1. The molecule has 1 aromatic rings. The van der Waals surface area contributed by atoms with E-state index in [1.165, 1.54) is 0 Å². The van der Waals surface area contributed by atoms with Crippen LogP contribution in [0, 0.1) is 9.49 Å². The van der Waals surface area contributed by atoms with Crippen molar-refractivity contribution in [3.8, 4) is 0 Å². The molecule has 0 aromatic heterocycles. The van der Waals surface area contributed by atoms with Crippen molar-refractivity contribution in [3.05, 3.63) is 27.3 Å². The van der Waals surface area contributed by atoms with Gasteiger partial charge in [0.25, 0.3) is 0 Å². The first-order chi connectivity index (χ1) is 8.52. The molecule has 1 N–H and O–H groups in total. The normalized spacial score (nSPS) is 19.3. The van der Waals surface area contributed by atoms with E-state index in [1.54, 1.807) is 23.1 Å². The molecule has 1 aromatic carbocycles. The minimum Gasteiger partial charge on any atom is -0.478 e. The molecule has 96 valence electrons. The van der Waals surface area contributed by atoms with E-state index in [4.69, 9.17) is 0 Å². The molecule has 2 rings (SSSR count). The van der Waals surface area contributed by atoms with Crippen LogP contribution >= 0.6 is 35.2 Å². The minimum atomic E-state index is -1.01. The molecule has 1 saturated heterocycles. The van der Waals surface area contributed by atoms with E-state index in [2.05, 4.69) is 35.2 Å². The fourth-order valence-electron chi connectivity index (χ4n) is 2.05. The molecule has 1 aliphatic heterocycles. The average molecular weight is 377 g/mol. The molecular weight excluding hydrogens is 365 g/mol. The second-order valence-corrected chi connectivity index (χ2v) is 5.83. The summed E-state index contributed by atoms with van der Waals surface area (Å²) in [6, 6.07) is 5.01. The van der Waals surface area contributed by atoms with Gasteiger partial charge in [-0.3, -0.25) is 4.79 Å². The van der Waals surface area contributed by atoms with Crippen LogP contribution in [0.2, 0.25) is 0 Å². The smallest absolute Gasteiger partial charge is 0.337 e. The van der Waals surface area contributed by atoms with Gasteiger partial charge in [-0.05, 0) is 52.5 Å². The highest BCUT2D eigenvalue weighted by Gasteiger charge is 2.31. The topological polar surface area (TPSA) is 57.6 Å². The van der Waals surface area contributed by atoms with Crippen molar-refractivity contribution < 1.29 is 14.7 Å². The summed E-state index contributed by atoms with van der Waals surface area (Å²) in [6.07, 6.45) is 0.439. The third kappa shape index (κ3) is 2.64. The Kier molecular flexibility index (Phi) is 4.16. The number of nitrogens with zero attached hydrogens (tertiary/aromatic N) is 1. The number of carboxylic acid groups (broad SMARTS) is 1. The van der Waals surface area contributed by atoms with Gasteiger partial charge < -0.3 is 10.0 Å². The van der Waals surface area contributed by atoms with Crippen molar-refractivity contribution in [1.82, 2.24) is 0 Å². The van der Waals surface area contributed by atoms with E-state index in [0.29, 0.717) is 24.4 Å². The lowest BCUT2D eigenvalue weighted by molar-refractivity contribution is -0.117. The lowest BCUT2D eigenvalue weighted by atomic mass is 10.1. The van der Waals surface area contributed by atoms with Gasteiger partial charge in [0.15, 0.2) is 0 Å². The molecule has 18 heavy (non-hydrogen) atoms. The second kappa shape index (κ2) is 5.48. The Morgan fingerprint density at radius 1 is 1.56 bits per heavy atom.